The van der Waals surface area contributed by atoms with Crippen LogP contribution in [0.25, 0.3) is 0 Å². The average molecular weight is 405 g/mol. The Morgan fingerprint density at radius 3 is 2.43 bits per heavy atom. The van der Waals surface area contributed by atoms with E-state index in [0.717, 1.165) is 49.0 Å². The summed E-state index contributed by atoms with van der Waals surface area (Å²) in [6, 6.07) is 2.09. The van der Waals surface area contributed by atoms with Crippen LogP contribution in [0, 0.1) is 25.7 Å². The molecule has 0 aliphatic carbocycles. The number of piperidine rings is 1. The van der Waals surface area contributed by atoms with Gasteiger partial charge in [0.05, 0.1) is 0 Å². The Labute approximate surface area is 145 Å². The topological polar surface area (TPSA) is 40.8 Å². The van der Waals surface area contributed by atoms with Crippen molar-refractivity contribution in [3.8, 4) is 0 Å². The van der Waals surface area contributed by atoms with Crippen LogP contribution in [-0.2, 0) is 6.54 Å². The maximum atomic E-state index is 5.57. The summed E-state index contributed by atoms with van der Waals surface area (Å²) in [5.41, 5.74) is 1.21. The van der Waals surface area contributed by atoms with Crippen LogP contribution >= 0.6 is 24.0 Å². The standard InChI is InChI=1S/C16H27N3O.HI/c1-11-6-12(2)10-19(9-11)16(17-5)18-8-15-7-13(3)20-14(15)4;/h7,11-12H,6,8-10H2,1-5H3,(H,17,18);1H. The molecule has 1 aromatic rings. The van der Waals surface area contributed by atoms with E-state index in [4.69, 9.17) is 4.42 Å². The Morgan fingerprint density at radius 1 is 1.33 bits per heavy atom. The highest BCUT2D eigenvalue weighted by Gasteiger charge is 2.24. The molecule has 0 amide bonds. The highest BCUT2D eigenvalue weighted by molar-refractivity contribution is 14.0. The van der Waals surface area contributed by atoms with Crippen molar-refractivity contribution in [3.63, 3.8) is 0 Å². The number of furan rings is 1. The van der Waals surface area contributed by atoms with E-state index in [-0.39, 0.29) is 24.0 Å². The number of guanidine groups is 1. The zero-order valence-electron chi connectivity index (χ0n) is 13.8. The van der Waals surface area contributed by atoms with E-state index < -0.39 is 0 Å². The van der Waals surface area contributed by atoms with Crippen LogP contribution in [0.1, 0.15) is 37.4 Å². The van der Waals surface area contributed by atoms with E-state index in [1.807, 2.05) is 20.9 Å². The molecule has 120 valence electrons. The summed E-state index contributed by atoms with van der Waals surface area (Å²) in [7, 11) is 1.86. The number of likely N-dealkylation sites (tertiary alicyclic amines) is 1. The van der Waals surface area contributed by atoms with Gasteiger partial charge in [0.2, 0.25) is 0 Å². The van der Waals surface area contributed by atoms with Crippen LogP contribution < -0.4 is 5.32 Å². The summed E-state index contributed by atoms with van der Waals surface area (Å²) in [5.74, 6) is 4.42. The molecule has 5 heteroatoms. The summed E-state index contributed by atoms with van der Waals surface area (Å²) in [6.07, 6.45) is 1.31. The zero-order valence-corrected chi connectivity index (χ0v) is 16.1. The highest BCUT2D eigenvalue weighted by atomic mass is 127. The van der Waals surface area contributed by atoms with Gasteiger partial charge in [-0.15, -0.1) is 24.0 Å². The lowest BCUT2D eigenvalue weighted by Crippen LogP contribution is -2.48. The summed E-state index contributed by atoms with van der Waals surface area (Å²) in [4.78, 5) is 6.81. The van der Waals surface area contributed by atoms with E-state index in [9.17, 15) is 0 Å². The van der Waals surface area contributed by atoms with E-state index >= 15 is 0 Å². The molecule has 2 atom stereocenters. The average Bonchev–Trinajstić information content (AvgIpc) is 2.67. The Kier molecular flexibility index (Phi) is 7.03. The van der Waals surface area contributed by atoms with Gasteiger partial charge >= 0.3 is 0 Å². The molecule has 4 nitrogen and oxygen atoms in total. The minimum absolute atomic E-state index is 0. The third-order valence-corrected chi connectivity index (χ3v) is 3.96. The summed E-state index contributed by atoms with van der Waals surface area (Å²) in [5, 5.41) is 3.47. The first-order chi connectivity index (χ1) is 9.49. The van der Waals surface area contributed by atoms with Crippen LogP contribution in [0.3, 0.4) is 0 Å². The van der Waals surface area contributed by atoms with Gasteiger partial charge in [0.25, 0.3) is 0 Å². The SMILES string of the molecule is CN=C(NCc1cc(C)oc1C)N1CC(C)CC(C)C1.I. The number of nitrogens with one attached hydrogen (secondary N) is 1. The molecule has 1 aromatic heterocycles. The van der Waals surface area contributed by atoms with Gasteiger partial charge < -0.3 is 14.6 Å². The van der Waals surface area contributed by atoms with Crippen molar-refractivity contribution in [2.45, 2.75) is 40.7 Å². The van der Waals surface area contributed by atoms with E-state index in [2.05, 4.69) is 35.1 Å². The summed E-state index contributed by atoms with van der Waals surface area (Å²) in [6.45, 7) is 11.6. The van der Waals surface area contributed by atoms with Crippen molar-refractivity contribution >= 4 is 29.9 Å². The van der Waals surface area contributed by atoms with Crippen molar-refractivity contribution in [2.24, 2.45) is 16.8 Å². The Morgan fingerprint density at radius 2 is 1.95 bits per heavy atom. The molecule has 21 heavy (non-hydrogen) atoms. The smallest absolute Gasteiger partial charge is 0.193 e. The number of hydrogen-bond donors (Lipinski definition) is 1. The van der Waals surface area contributed by atoms with Crippen LogP contribution in [0.2, 0.25) is 0 Å². The number of hydrogen-bond acceptors (Lipinski definition) is 2. The van der Waals surface area contributed by atoms with Gasteiger partial charge in [0.15, 0.2) is 5.96 Å². The summed E-state index contributed by atoms with van der Waals surface area (Å²) < 4.78 is 5.57. The fraction of sp³-hybridized carbons (Fsp3) is 0.688. The molecule has 1 N–H and O–H groups in total. The van der Waals surface area contributed by atoms with Crippen LogP contribution in [0.15, 0.2) is 15.5 Å². The molecule has 1 aliphatic rings. The first-order valence-electron chi connectivity index (χ1n) is 7.51. The lowest BCUT2D eigenvalue weighted by Gasteiger charge is -2.37. The Bertz CT molecular complexity index is 474. The van der Waals surface area contributed by atoms with Gasteiger partial charge in [-0.1, -0.05) is 13.8 Å². The third kappa shape index (κ3) is 4.90. The molecule has 2 unspecified atom stereocenters. The second-order valence-corrected chi connectivity index (χ2v) is 6.19. The van der Waals surface area contributed by atoms with Gasteiger partial charge in [-0.2, -0.15) is 0 Å². The number of halogens is 1. The van der Waals surface area contributed by atoms with Crippen molar-refractivity contribution in [2.75, 3.05) is 20.1 Å². The highest BCUT2D eigenvalue weighted by Crippen LogP contribution is 2.21. The molecular formula is C16H28IN3O. The minimum atomic E-state index is 0. The van der Waals surface area contributed by atoms with E-state index in [0.29, 0.717) is 0 Å². The molecule has 1 saturated heterocycles. The molecule has 0 radical (unpaired) electrons. The van der Waals surface area contributed by atoms with E-state index in [1.54, 1.807) is 0 Å². The van der Waals surface area contributed by atoms with E-state index in [1.165, 1.54) is 12.0 Å². The fourth-order valence-corrected chi connectivity index (χ4v) is 3.20. The number of rotatable bonds is 2. The normalized spacial score (nSPS) is 22.9. The summed E-state index contributed by atoms with van der Waals surface area (Å²) >= 11 is 0. The third-order valence-electron chi connectivity index (χ3n) is 3.96. The first-order valence-corrected chi connectivity index (χ1v) is 7.51. The molecule has 0 aromatic carbocycles. The number of aryl methyl sites for hydroxylation is 2. The maximum absolute atomic E-state index is 5.57. The molecule has 0 spiro atoms. The lowest BCUT2D eigenvalue weighted by atomic mass is 9.92. The van der Waals surface area contributed by atoms with Gasteiger partial charge in [0, 0.05) is 32.2 Å². The van der Waals surface area contributed by atoms with Crippen molar-refractivity contribution in [1.82, 2.24) is 10.2 Å². The van der Waals surface area contributed by atoms with Gasteiger partial charge in [0.1, 0.15) is 11.5 Å². The molecule has 0 saturated carbocycles. The second kappa shape index (κ2) is 8.06. The lowest BCUT2D eigenvalue weighted by molar-refractivity contribution is 0.208. The quantitative estimate of drug-likeness (QED) is 0.465. The molecule has 1 aliphatic heterocycles. The van der Waals surface area contributed by atoms with Crippen LogP contribution in [-0.4, -0.2) is 31.0 Å². The Balaban J connectivity index is 0.00000220. The number of aliphatic imine (C=N–C) groups is 1. The van der Waals surface area contributed by atoms with Gasteiger partial charge in [-0.3, -0.25) is 4.99 Å². The maximum Gasteiger partial charge on any atom is 0.193 e. The predicted molar refractivity (Wildman–Crippen MR) is 98.3 cm³/mol. The van der Waals surface area contributed by atoms with Crippen LogP contribution in [0.4, 0.5) is 0 Å². The van der Waals surface area contributed by atoms with Crippen LogP contribution in [0.5, 0.6) is 0 Å². The minimum Gasteiger partial charge on any atom is -0.466 e. The predicted octanol–water partition coefficient (Wildman–Crippen LogP) is 3.57. The monoisotopic (exact) mass is 405 g/mol. The first kappa shape index (κ1) is 18.3. The Hall–Kier alpha value is -0.720. The largest absolute Gasteiger partial charge is 0.466 e. The van der Waals surface area contributed by atoms with Crippen molar-refractivity contribution in [3.05, 3.63) is 23.2 Å². The van der Waals surface area contributed by atoms with Crippen molar-refractivity contribution < 1.29 is 4.42 Å². The molecule has 0 bridgehead atoms. The van der Waals surface area contributed by atoms with Gasteiger partial charge in [-0.25, -0.2) is 0 Å². The zero-order chi connectivity index (χ0) is 14.7. The molecule has 1 fully saturated rings. The molecular weight excluding hydrogens is 377 g/mol. The molecule has 2 heterocycles. The van der Waals surface area contributed by atoms with Crippen molar-refractivity contribution in [1.29, 1.82) is 0 Å². The molecule has 2 rings (SSSR count). The van der Waals surface area contributed by atoms with Gasteiger partial charge in [-0.05, 0) is 38.2 Å². The fourth-order valence-electron chi connectivity index (χ4n) is 3.20. The second-order valence-electron chi connectivity index (χ2n) is 6.19. The number of nitrogens with zero attached hydrogens (tertiary/aromatic N) is 2.